The van der Waals surface area contributed by atoms with Crippen LogP contribution in [0.15, 0.2) is 30.3 Å². The van der Waals surface area contributed by atoms with Crippen LogP contribution < -0.4 is 5.32 Å². The maximum atomic E-state index is 11.5. The molecule has 1 heterocycles. The maximum Gasteiger partial charge on any atom is 0.224 e. The van der Waals surface area contributed by atoms with Crippen molar-refractivity contribution in [2.75, 3.05) is 20.1 Å². The minimum Gasteiger partial charge on any atom is -0.338 e. The first-order chi connectivity index (χ1) is 8.31. The third-order valence-corrected chi connectivity index (χ3v) is 3.38. The van der Waals surface area contributed by atoms with E-state index >= 15 is 0 Å². The molecule has 1 aromatic carbocycles. The number of nitrogens with zero attached hydrogens (tertiary/aromatic N) is 1. The molecule has 3 nitrogen and oxygen atoms in total. The van der Waals surface area contributed by atoms with Gasteiger partial charge >= 0.3 is 0 Å². The normalized spacial score (nSPS) is 16.8. The van der Waals surface area contributed by atoms with E-state index in [1.165, 1.54) is 5.56 Å². The summed E-state index contributed by atoms with van der Waals surface area (Å²) in [7, 11) is 1.94. The molecule has 1 fully saturated rings. The number of benzene rings is 1. The summed E-state index contributed by atoms with van der Waals surface area (Å²) in [5, 5.41) is 3.18. The van der Waals surface area contributed by atoms with Gasteiger partial charge < -0.3 is 10.2 Å². The molecule has 2 rings (SSSR count). The van der Waals surface area contributed by atoms with Gasteiger partial charge in [-0.1, -0.05) is 30.3 Å². The Morgan fingerprint density at radius 2 is 2.12 bits per heavy atom. The summed E-state index contributed by atoms with van der Waals surface area (Å²) in [6, 6.07) is 10.8. The zero-order valence-corrected chi connectivity index (χ0v) is 10.4. The summed E-state index contributed by atoms with van der Waals surface area (Å²) < 4.78 is 0. The number of carbonyl (C=O) groups is 1. The SMILES string of the molecule is CNCC(CCc1ccccc1)N1CCC1=O. The highest BCUT2D eigenvalue weighted by molar-refractivity contribution is 5.82. The zero-order valence-electron chi connectivity index (χ0n) is 10.4. The van der Waals surface area contributed by atoms with Crippen LogP contribution >= 0.6 is 0 Å². The predicted molar refractivity (Wildman–Crippen MR) is 68.8 cm³/mol. The summed E-state index contributed by atoms with van der Waals surface area (Å²) in [5.74, 6) is 0.304. The van der Waals surface area contributed by atoms with Crippen molar-refractivity contribution in [3.8, 4) is 0 Å². The van der Waals surface area contributed by atoms with E-state index in [-0.39, 0.29) is 0 Å². The number of amides is 1. The molecule has 0 bridgehead atoms. The number of hydrogen-bond acceptors (Lipinski definition) is 2. The lowest BCUT2D eigenvalue weighted by Gasteiger charge is -2.38. The molecule has 0 spiro atoms. The molecule has 1 atom stereocenters. The molecule has 1 aliphatic rings. The minimum absolute atomic E-state index is 0.304. The molecule has 1 amide bonds. The molecule has 1 saturated heterocycles. The monoisotopic (exact) mass is 232 g/mol. The van der Waals surface area contributed by atoms with Gasteiger partial charge in [-0.3, -0.25) is 4.79 Å². The van der Waals surface area contributed by atoms with Gasteiger partial charge in [-0.2, -0.15) is 0 Å². The number of aryl methyl sites for hydroxylation is 1. The van der Waals surface area contributed by atoms with E-state index in [1.54, 1.807) is 0 Å². The molecule has 0 aliphatic carbocycles. The van der Waals surface area contributed by atoms with Gasteiger partial charge in [0.25, 0.3) is 0 Å². The van der Waals surface area contributed by atoms with Crippen LogP contribution in [-0.4, -0.2) is 37.0 Å². The Bertz CT molecular complexity index is 364. The highest BCUT2D eigenvalue weighted by Crippen LogP contribution is 2.17. The van der Waals surface area contributed by atoms with Crippen LogP contribution in [0.4, 0.5) is 0 Å². The van der Waals surface area contributed by atoms with Crippen molar-refractivity contribution in [2.24, 2.45) is 0 Å². The first kappa shape index (κ1) is 12.1. The van der Waals surface area contributed by atoms with Crippen molar-refractivity contribution < 1.29 is 4.79 Å². The Labute approximate surface area is 103 Å². The summed E-state index contributed by atoms with van der Waals surface area (Å²) >= 11 is 0. The van der Waals surface area contributed by atoms with Crippen molar-refractivity contribution in [2.45, 2.75) is 25.3 Å². The van der Waals surface area contributed by atoms with Crippen LogP contribution in [0, 0.1) is 0 Å². The fourth-order valence-electron chi connectivity index (χ4n) is 2.30. The van der Waals surface area contributed by atoms with Crippen LogP contribution in [0.2, 0.25) is 0 Å². The van der Waals surface area contributed by atoms with E-state index in [4.69, 9.17) is 0 Å². The zero-order chi connectivity index (χ0) is 12.1. The lowest BCUT2D eigenvalue weighted by molar-refractivity contribution is -0.143. The van der Waals surface area contributed by atoms with Gasteiger partial charge in [0, 0.05) is 25.6 Å². The smallest absolute Gasteiger partial charge is 0.224 e. The predicted octanol–water partition coefficient (Wildman–Crippen LogP) is 1.44. The molecule has 0 aromatic heterocycles. The fourth-order valence-corrected chi connectivity index (χ4v) is 2.30. The van der Waals surface area contributed by atoms with Gasteiger partial charge in [-0.05, 0) is 25.5 Å². The number of likely N-dealkylation sites (N-methyl/N-ethyl adjacent to an activating group) is 1. The van der Waals surface area contributed by atoms with Crippen molar-refractivity contribution in [1.29, 1.82) is 0 Å². The summed E-state index contributed by atoms with van der Waals surface area (Å²) in [6.45, 7) is 1.82. The Morgan fingerprint density at radius 3 is 2.65 bits per heavy atom. The molecule has 0 radical (unpaired) electrons. The molecule has 1 aromatic rings. The van der Waals surface area contributed by atoms with Crippen molar-refractivity contribution in [3.63, 3.8) is 0 Å². The van der Waals surface area contributed by atoms with Crippen molar-refractivity contribution in [3.05, 3.63) is 35.9 Å². The molecular formula is C14H20N2O. The Balaban J connectivity index is 1.87. The van der Waals surface area contributed by atoms with E-state index < -0.39 is 0 Å². The van der Waals surface area contributed by atoms with E-state index in [9.17, 15) is 4.79 Å². The maximum absolute atomic E-state index is 11.5. The molecule has 1 N–H and O–H groups in total. The third-order valence-electron chi connectivity index (χ3n) is 3.38. The van der Waals surface area contributed by atoms with Crippen LogP contribution in [0.1, 0.15) is 18.4 Å². The van der Waals surface area contributed by atoms with E-state index in [0.29, 0.717) is 11.9 Å². The number of carbonyl (C=O) groups excluding carboxylic acids is 1. The molecule has 1 aliphatic heterocycles. The van der Waals surface area contributed by atoms with Crippen molar-refractivity contribution >= 4 is 5.91 Å². The standard InChI is InChI=1S/C14H20N2O/c1-15-11-13(16-10-9-14(16)17)8-7-12-5-3-2-4-6-12/h2-6,13,15H,7-11H2,1H3. The lowest BCUT2D eigenvalue weighted by Crippen LogP contribution is -2.53. The highest BCUT2D eigenvalue weighted by Gasteiger charge is 2.30. The molecule has 3 heteroatoms. The topological polar surface area (TPSA) is 32.3 Å². The number of β-lactam (4-membered cyclic amide) rings is 1. The van der Waals surface area contributed by atoms with Gasteiger partial charge in [0.1, 0.15) is 0 Å². The van der Waals surface area contributed by atoms with Crippen LogP contribution in [0.3, 0.4) is 0 Å². The van der Waals surface area contributed by atoms with Crippen LogP contribution in [0.25, 0.3) is 0 Å². The minimum atomic E-state index is 0.304. The second-order valence-corrected chi connectivity index (χ2v) is 4.57. The quantitative estimate of drug-likeness (QED) is 0.753. The highest BCUT2D eigenvalue weighted by atomic mass is 16.2. The van der Waals surface area contributed by atoms with E-state index in [2.05, 4.69) is 29.6 Å². The number of nitrogens with one attached hydrogen (secondary N) is 1. The number of rotatable bonds is 6. The third kappa shape index (κ3) is 3.07. The second-order valence-electron chi connectivity index (χ2n) is 4.57. The average Bonchev–Trinajstić information content (AvgIpc) is 2.35. The van der Waals surface area contributed by atoms with Gasteiger partial charge in [0.15, 0.2) is 0 Å². The lowest BCUT2D eigenvalue weighted by atomic mass is 10.0. The Kier molecular flexibility index (Phi) is 4.15. The summed E-state index contributed by atoms with van der Waals surface area (Å²) in [6.07, 6.45) is 2.80. The summed E-state index contributed by atoms with van der Waals surface area (Å²) in [4.78, 5) is 13.5. The van der Waals surface area contributed by atoms with Gasteiger partial charge in [0.2, 0.25) is 5.91 Å². The molecule has 17 heavy (non-hydrogen) atoms. The first-order valence-electron chi connectivity index (χ1n) is 6.29. The number of likely N-dealkylation sites (tertiary alicyclic amines) is 1. The number of hydrogen-bond donors (Lipinski definition) is 1. The Morgan fingerprint density at radius 1 is 1.35 bits per heavy atom. The second kappa shape index (κ2) is 5.82. The largest absolute Gasteiger partial charge is 0.338 e. The van der Waals surface area contributed by atoms with Crippen molar-refractivity contribution in [1.82, 2.24) is 10.2 Å². The van der Waals surface area contributed by atoms with Crippen LogP contribution in [0.5, 0.6) is 0 Å². The van der Waals surface area contributed by atoms with Gasteiger partial charge in [-0.25, -0.2) is 0 Å². The fraction of sp³-hybridized carbons (Fsp3) is 0.500. The molecule has 1 unspecified atom stereocenters. The van der Waals surface area contributed by atoms with E-state index in [0.717, 1.165) is 32.4 Å². The van der Waals surface area contributed by atoms with E-state index in [1.807, 2.05) is 18.0 Å². The van der Waals surface area contributed by atoms with Crippen LogP contribution in [-0.2, 0) is 11.2 Å². The van der Waals surface area contributed by atoms with Gasteiger partial charge in [-0.15, -0.1) is 0 Å². The molecule has 0 saturated carbocycles. The molecular weight excluding hydrogens is 212 g/mol. The Hall–Kier alpha value is -1.35. The molecule has 92 valence electrons. The summed E-state index contributed by atoms with van der Waals surface area (Å²) in [5.41, 5.74) is 1.35. The average molecular weight is 232 g/mol. The first-order valence-corrected chi connectivity index (χ1v) is 6.29. The van der Waals surface area contributed by atoms with Gasteiger partial charge in [0.05, 0.1) is 0 Å².